The minimum absolute atomic E-state index is 0.106. The van der Waals surface area contributed by atoms with Crippen molar-refractivity contribution in [2.24, 2.45) is 0 Å². The predicted molar refractivity (Wildman–Crippen MR) is 78.8 cm³/mol. The predicted octanol–water partition coefficient (Wildman–Crippen LogP) is 2.19. The fraction of sp³-hybridized carbons (Fsp3) is 0.467. The van der Waals surface area contributed by atoms with Gasteiger partial charge in [-0.15, -0.1) is 0 Å². The van der Waals surface area contributed by atoms with Crippen LogP contribution in [-0.4, -0.2) is 30.6 Å². The van der Waals surface area contributed by atoms with Gasteiger partial charge in [0.15, 0.2) is 0 Å². The lowest BCUT2D eigenvalue weighted by Crippen LogP contribution is -2.41. The van der Waals surface area contributed by atoms with E-state index in [0.717, 1.165) is 0 Å². The van der Waals surface area contributed by atoms with Gasteiger partial charge in [0.2, 0.25) is 5.91 Å². The summed E-state index contributed by atoms with van der Waals surface area (Å²) in [5.74, 6) is -0.483. The first-order chi connectivity index (χ1) is 9.31. The molecule has 0 aliphatic heterocycles. The van der Waals surface area contributed by atoms with Crippen LogP contribution in [0.1, 0.15) is 38.1 Å². The summed E-state index contributed by atoms with van der Waals surface area (Å²) in [5, 5.41) is 5.86. The third-order valence-corrected chi connectivity index (χ3v) is 2.46. The Bertz CT molecular complexity index is 461. The maximum Gasteiger partial charge on any atom is 0.338 e. The Balaban J connectivity index is 2.53. The number of amides is 1. The summed E-state index contributed by atoms with van der Waals surface area (Å²) in [5.41, 5.74) is 1.02. The first-order valence-electron chi connectivity index (χ1n) is 6.64. The molecule has 0 aromatic heterocycles. The summed E-state index contributed by atoms with van der Waals surface area (Å²) in [6.45, 7) is 8.32. The van der Waals surface area contributed by atoms with Crippen molar-refractivity contribution in [2.45, 2.75) is 33.2 Å². The van der Waals surface area contributed by atoms with E-state index in [9.17, 15) is 9.59 Å². The lowest BCUT2D eigenvalue weighted by atomic mass is 10.1. The fourth-order valence-electron chi connectivity index (χ4n) is 1.45. The van der Waals surface area contributed by atoms with Crippen LogP contribution in [0.4, 0.5) is 5.69 Å². The Labute approximate surface area is 119 Å². The number of carbonyl (C=O) groups excluding carboxylic acids is 2. The molecule has 1 aromatic rings. The number of hydrogen-bond donors (Lipinski definition) is 2. The van der Waals surface area contributed by atoms with Gasteiger partial charge < -0.3 is 15.4 Å². The highest BCUT2D eigenvalue weighted by atomic mass is 16.5. The number of nitrogens with one attached hydrogen (secondary N) is 2. The van der Waals surface area contributed by atoms with Gasteiger partial charge in [-0.05, 0) is 52.0 Å². The molecule has 0 atom stereocenters. The van der Waals surface area contributed by atoms with Gasteiger partial charge in [0.05, 0.1) is 18.7 Å². The minimum atomic E-state index is -0.361. The van der Waals surface area contributed by atoms with Gasteiger partial charge in [-0.3, -0.25) is 4.79 Å². The summed E-state index contributed by atoms with van der Waals surface area (Å²) >= 11 is 0. The van der Waals surface area contributed by atoms with Crippen molar-refractivity contribution in [2.75, 3.05) is 18.5 Å². The van der Waals surface area contributed by atoms with Gasteiger partial charge in [-0.1, -0.05) is 0 Å². The normalized spacial score (nSPS) is 11.0. The Morgan fingerprint density at radius 1 is 1.15 bits per heavy atom. The van der Waals surface area contributed by atoms with Crippen molar-refractivity contribution in [1.29, 1.82) is 0 Å². The van der Waals surface area contributed by atoms with Gasteiger partial charge in [-0.25, -0.2) is 4.79 Å². The quantitative estimate of drug-likeness (QED) is 0.810. The van der Waals surface area contributed by atoms with Crippen LogP contribution in [0, 0.1) is 0 Å². The molecular weight excluding hydrogens is 256 g/mol. The topological polar surface area (TPSA) is 67.4 Å². The SMILES string of the molecule is CCOC(=O)c1ccc(NC(=O)CNC(C)(C)C)cc1. The summed E-state index contributed by atoms with van der Waals surface area (Å²) in [4.78, 5) is 23.2. The molecular formula is C15H22N2O3. The Hall–Kier alpha value is -1.88. The van der Waals surface area contributed by atoms with E-state index >= 15 is 0 Å². The molecule has 5 heteroatoms. The second-order valence-corrected chi connectivity index (χ2v) is 5.45. The van der Waals surface area contributed by atoms with E-state index in [2.05, 4.69) is 10.6 Å². The van der Waals surface area contributed by atoms with Crippen LogP contribution in [-0.2, 0) is 9.53 Å². The largest absolute Gasteiger partial charge is 0.462 e. The Morgan fingerprint density at radius 3 is 2.25 bits per heavy atom. The highest BCUT2D eigenvalue weighted by Gasteiger charge is 2.11. The van der Waals surface area contributed by atoms with E-state index in [1.165, 1.54) is 0 Å². The molecule has 1 rings (SSSR count). The summed E-state index contributed by atoms with van der Waals surface area (Å²) in [7, 11) is 0. The fourth-order valence-corrected chi connectivity index (χ4v) is 1.45. The van der Waals surface area contributed by atoms with Crippen LogP contribution in [0.15, 0.2) is 24.3 Å². The second kappa shape index (κ2) is 7.05. The molecule has 0 fully saturated rings. The molecule has 110 valence electrons. The number of esters is 1. The van der Waals surface area contributed by atoms with Crippen LogP contribution in [0.5, 0.6) is 0 Å². The monoisotopic (exact) mass is 278 g/mol. The van der Waals surface area contributed by atoms with Crippen molar-refractivity contribution in [3.8, 4) is 0 Å². The first-order valence-corrected chi connectivity index (χ1v) is 6.64. The average molecular weight is 278 g/mol. The number of benzene rings is 1. The maximum atomic E-state index is 11.7. The van der Waals surface area contributed by atoms with E-state index < -0.39 is 0 Å². The van der Waals surface area contributed by atoms with E-state index in [0.29, 0.717) is 17.9 Å². The molecule has 0 spiro atoms. The highest BCUT2D eigenvalue weighted by molar-refractivity contribution is 5.94. The standard InChI is InChI=1S/C15H22N2O3/c1-5-20-14(19)11-6-8-12(9-7-11)17-13(18)10-16-15(2,3)4/h6-9,16H,5,10H2,1-4H3,(H,17,18). The molecule has 5 nitrogen and oxygen atoms in total. The molecule has 0 bridgehead atoms. The van der Waals surface area contributed by atoms with Crippen molar-refractivity contribution in [1.82, 2.24) is 5.32 Å². The van der Waals surface area contributed by atoms with Gasteiger partial charge in [0, 0.05) is 11.2 Å². The van der Waals surface area contributed by atoms with Crippen LogP contribution in [0.25, 0.3) is 0 Å². The number of hydrogen-bond acceptors (Lipinski definition) is 4. The second-order valence-electron chi connectivity index (χ2n) is 5.45. The third-order valence-electron chi connectivity index (χ3n) is 2.46. The van der Waals surface area contributed by atoms with Crippen LogP contribution >= 0.6 is 0 Å². The number of anilines is 1. The minimum Gasteiger partial charge on any atom is -0.462 e. The zero-order valence-electron chi connectivity index (χ0n) is 12.4. The molecule has 0 saturated carbocycles. The molecule has 0 aliphatic rings. The summed E-state index contributed by atoms with van der Waals surface area (Å²) in [6, 6.07) is 6.62. The van der Waals surface area contributed by atoms with Crippen molar-refractivity contribution in [3.05, 3.63) is 29.8 Å². The van der Waals surface area contributed by atoms with Gasteiger partial charge in [-0.2, -0.15) is 0 Å². The average Bonchev–Trinajstić information content (AvgIpc) is 2.37. The Kier molecular flexibility index (Phi) is 5.70. The summed E-state index contributed by atoms with van der Waals surface area (Å²) < 4.78 is 4.89. The highest BCUT2D eigenvalue weighted by Crippen LogP contribution is 2.10. The van der Waals surface area contributed by atoms with Crippen molar-refractivity contribution >= 4 is 17.6 Å². The molecule has 0 aliphatic carbocycles. The first kappa shape index (κ1) is 16.2. The zero-order chi connectivity index (χ0) is 15.2. The van der Waals surface area contributed by atoms with Gasteiger partial charge in [0.1, 0.15) is 0 Å². The molecule has 1 amide bonds. The van der Waals surface area contributed by atoms with E-state index in [1.807, 2.05) is 20.8 Å². The lowest BCUT2D eigenvalue weighted by Gasteiger charge is -2.20. The summed E-state index contributed by atoms with van der Waals surface area (Å²) in [6.07, 6.45) is 0. The molecule has 0 saturated heterocycles. The smallest absolute Gasteiger partial charge is 0.338 e. The van der Waals surface area contributed by atoms with Gasteiger partial charge >= 0.3 is 5.97 Å². The molecule has 1 aromatic carbocycles. The number of ether oxygens (including phenoxy) is 1. The molecule has 2 N–H and O–H groups in total. The Morgan fingerprint density at radius 2 is 1.75 bits per heavy atom. The van der Waals surface area contributed by atoms with E-state index in [4.69, 9.17) is 4.74 Å². The van der Waals surface area contributed by atoms with Crippen molar-refractivity contribution in [3.63, 3.8) is 0 Å². The van der Waals surface area contributed by atoms with Crippen molar-refractivity contribution < 1.29 is 14.3 Å². The molecule has 0 heterocycles. The van der Waals surface area contributed by atoms with Crippen LogP contribution in [0.2, 0.25) is 0 Å². The van der Waals surface area contributed by atoms with Gasteiger partial charge in [0.25, 0.3) is 0 Å². The molecule has 0 unspecified atom stereocenters. The number of rotatable bonds is 5. The molecule has 0 radical (unpaired) electrons. The molecule has 20 heavy (non-hydrogen) atoms. The zero-order valence-corrected chi connectivity index (χ0v) is 12.4. The van der Waals surface area contributed by atoms with E-state index in [1.54, 1.807) is 31.2 Å². The van der Waals surface area contributed by atoms with E-state index in [-0.39, 0.29) is 24.0 Å². The third kappa shape index (κ3) is 5.84. The number of carbonyl (C=O) groups is 2. The maximum absolute atomic E-state index is 11.7. The van der Waals surface area contributed by atoms with Crippen LogP contribution < -0.4 is 10.6 Å². The van der Waals surface area contributed by atoms with Crippen LogP contribution in [0.3, 0.4) is 0 Å². The lowest BCUT2D eigenvalue weighted by molar-refractivity contribution is -0.115.